The van der Waals surface area contributed by atoms with Crippen molar-refractivity contribution in [2.75, 3.05) is 6.54 Å². The van der Waals surface area contributed by atoms with Gasteiger partial charge in [-0.05, 0) is 43.1 Å². The van der Waals surface area contributed by atoms with Gasteiger partial charge in [0.25, 0.3) is 0 Å². The van der Waals surface area contributed by atoms with Gasteiger partial charge in [0.1, 0.15) is 0 Å². The molecule has 13 heavy (non-hydrogen) atoms. The van der Waals surface area contributed by atoms with Crippen molar-refractivity contribution >= 4 is 27.5 Å². The number of hydrogen-bond acceptors (Lipinski definition) is 1. The minimum atomic E-state index is 0.495. The summed E-state index contributed by atoms with van der Waals surface area (Å²) in [5, 5.41) is 4.25. The summed E-state index contributed by atoms with van der Waals surface area (Å²) in [6.07, 6.45) is 2.47. The maximum Gasteiger partial charge on any atom is 0.0420 e. The third-order valence-corrected chi connectivity index (χ3v) is 3.02. The van der Waals surface area contributed by atoms with Crippen molar-refractivity contribution in [3.63, 3.8) is 0 Å². The molecule has 0 bridgehead atoms. The Morgan fingerprint density at radius 2 is 2.23 bits per heavy atom. The zero-order chi connectivity index (χ0) is 9.26. The first kappa shape index (κ1) is 9.50. The van der Waals surface area contributed by atoms with Crippen molar-refractivity contribution in [1.82, 2.24) is 5.32 Å². The van der Waals surface area contributed by atoms with Crippen LogP contribution >= 0.6 is 27.5 Å². The monoisotopic (exact) mass is 259 g/mol. The Morgan fingerprint density at radius 3 is 2.85 bits per heavy atom. The van der Waals surface area contributed by atoms with Crippen molar-refractivity contribution in [3.8, 4) is 0 Å². The number of rotatable bonds is 1. The van der Waals surface area contributed by atoms with Crippen LogP contribution in [0.5, 0.6) is 0 Å². The van der Waals surface area contributed by atoms with Gasteiger partial charge in [-0.25, -0.2) is 0 Å². The lowest BCUT2D eigenvalue weighted by Crippen LogP contribution is -2.12. The van der Waals surface area contributed by atoms with E-state index in [9.17, 15) is 0 Å². The number of benzene rings is 1. The van der Waals surface area contributed by atoms with E-state index in [0.29, 0.717) is 6.04 Å². The summed E-state index contributed by atoms with van der Waals surface area (Å²) in [4.78, 5) is 0. The van der Waals surface area contributed by atoms with Gasteiger partial charge in [0.2, 0.25) is 0 Å². The van der Waals surface area contributed by atoms with Crippen molar-refractivity contribution in [3.05, 3.63) is 33.3 Å². The predicted molar refractivity (Wildman–Crippen MR) is 59.1 cm³/mol. The van der Waals surface area contributed by atoms with Crippen LogP contribution in [0.1, 0.15) is 24.4 Å². The summed E-state index contributed by atoms with van der Waals surface area (Å²) in [6, 6.07) is 6.58. The zero-order valence-corrected chi connectivity index (χ0v) is 9.53. The van der Waals surface area contributed by atoms with Crippen molar-refractivity contribution in [1.29, 1.82) is 0 Å². The SMILES string of the molecule is Clc1cc(Br)cc([C@H]2CCCN2)c1. The van der Waals surface area contributed by atoms with E-state index >= 15 is 0 Å². The fourth-order valence-corrected chi connectivity index (χ4v) is 2.63. The van der Waals surface area contributed by atoms with Crippen LogP contribution in [0.2, 0.25) is 5.02 Å². The highest BCUT2D eigenvalue weighted by atomic mass is 79.9. The molecule has 1 heterocycles. The molecule has 1 nitrogen and oxygen atoms in total. The summed E-state index contributed by atoms with van der Waals surface area (Å²) >= 11 is 9.42. The van der Waals surface area contributed by atoms with E-state index in [0.717, 1.165) is 16.0 Å². The van der Waals surface area contributed by atoms with E-state index in [1.54, 1.807) is 0 Å². The molecule has 0 saturated carbocycles. The van der Waals surface area contributed by atoms with E-state index in [4.69, 9.17) is 11.6 Å². The Balaban J connectivity index is 2.28. The molecule has 0 spiro atoms. The largest absolute Gasteiger partial charge is 0.310 e. The van der Waals surface area contributed by atoms with Gasteiger partial charge < -0.3 is 5.32 Å². The number of nitrogens with one attached hydrogen (secondary N) is 1. The van der Waals surface area contributed by atoms with Gasteiger partial charge in [-0.1, -0.05) is 27.5 Å². The van der Waals surface area contributed by atoms with Gasteiger partial charge >= 0.3 is 0 Å². The summed E-state index contributed by atoms with van der Waals surface area (Å²) in [5.74, 6) is 0. The second-order valence-corrected chi connectivity index (χ2v) is 4.70. The average molecular weight is 261 g/mol. The number of hydrogen-bond donors (Lipinski definition) is 1. The van der Waals surface area contributed by atoms with Crippen LogP contribution in [0.25, 0.3) is 0 Å². The normalized spacial score (nSPS) is 22.2. The van der Waals surface area contributed by atoms with Gasteiger partial charge in [0, 0.05) is 15.5 Å². The van der Waals surface area contributed by atoms with Crippen LogP contribution in [-0.4, -0.2) is 6.54 Å². The summed E-state index contributed by atoms with van der Waals surface area (Å²) < 4.78 is 1.06. The molecular formula is C10H11BrClN. The Kier molecular flexibility index (Phi) is 2.92. The predicted octanol–water partition coefficient (Wildman–Crippen LogP) is 3.53. The highest BCUT2D eigenvalue weighted by Crippen LogP contribution is 2.28. The molecule has 0 aliphatic carbocycles. The summed E-state index contributed by atoms with van der Waals surface area (Å²) in [5.41, 5.74) is 1.29. The topological polar surface area (TPSA) is 12.0 Å². The molecule has 0 amide bonds. The Labute approximate surface area is 91.6 Å². The van der Waals surface area contributed by atoms with E-state index < -0.39 is 0 Å². The van der Waals surface area contributed by atoms with Gasteiger partial charge in [-0.2, -0.15) is 0 Å². The van der Waals surface area contributed by atoms with E-state index in [-0.39, 0.29) is 0 Å². The molecule has 1 aromatic carbocycles. The molecule has 1 aliphatic heterocycles. The number of halogens is 2. The van der Waals surface area contributed by atoms with Crippen LogP contribution in [0.3, 0.4) is 0 Å². The average Bonchev–Trinajstić information content (AvgIpc) is 2.53. The molecule has 1 aromatic rings. The van der Waals surface area contributed by atoms with Crippen molar-refractivity contribution < 1.29 is 0 Å². The Hall–Kier alpha value is -0.0500. The first-order chi connectivity index (χ1) is 6.25. The smallest absolute Gasteiger partial charge is 0.0420 e. The van der Waals surface area contributed by atoms with Gasteiger partial charge in [0.05, 0.1) is 0 Å². The minimum Gasteiger partial charge on any atom is -0.310 e. The molecule has 0 aromatic heterocycles. The van der Waals surface area contributed by atoms with Gasteiger partial charge in [-0.15, -0.1) is 0 Å². The molecule has 1 aliphatic rings. The molecule has 3 heteroatoms. The quantitative estimate of drug-likeness (QED) is 0.814. The molecule has 70 valence electrons. The lowest BCUT2D eigenvalue weighted by molar-refractivity contribution is 0.647. The summed E-state index contributed by atoms with van der Waals surface area (Å²) in [6.45, 7) is 1.12. The van der Waals surface area contributed by atoms with Crippen LogP contribution < -0.4 is 5.32 Å². The molecule has 1 saturated heterocycles. The lowest BCUT2D eigenvalue weighted by atomic mass is 10.1. The zero-order valence-electron chi connectivity index (χ0n) is 7.19. The third kappa shape index (κ3) is 2.25. The molecule has 1 atom stereocenters. The van der Waals surface area contributed by atoms with E-state index in [2.05, 4.69) is 27.3 Å². The fourth-order valence-electron chi connectivity index (χ4n) is 1.75. The van der Waals surface area contributed by atoms with Crippen LogP contribution in [0, 0.1) is 0 Å². The first-order valence-corrected chi connectivity index (χ1v) is 5.62. The molecular weight excluding hydrogens is 249 g/mol. The first-order valence-electron chi connectivity index (χ1n) is 4.45. The van der Waals surface area contributed by atoms with Crippen LogP contribution in [0.4, 0.5) is 0 Å². The van der Waals surface area contributed by atoms with Crippen molar-refractivity contribution in [2.24, 2.45) is 0 Å². The maximum absolute atomic E-state index is 5.97. The maximum atomic E-state index is 5.97. The van der Waals surface area contributed by atoms with Gasteiger partial charge in [-0.3, -0.25) is 0 Å². The standard InChI is InChI=1S/C10H11BrClN/c11-8-4-7(5-9(12)6-8)10-2-1-3-13-10/h4-6,10,13H,1-3H2/t10-/m1/s1. The molecule has 1 fully saturated rings. The second kappa shape index (κ2) is 3.99. The Morgan fingerprint density at radius 1 is 1.38 bits per heavy atom. The molecule has 1 N–H and O–H groups in total. The van der Waals surface area contributed by atoms with Crippen LogP contribution in [-0.2, 0) is 0 Å². The highest BCUT2D eigenvalue weighted by molar-refractivity contribution is 9.10. The van der Waals surface area contributed by atoms with E-state index in [1.165, 1.54) is 18.4 Å². The van der Waals surface area contributed by atoms with E-state index in [1.807, 2.05) is 12.1 Å². The van der Waals surface area contributed by atoms with Crippen LogP contribution in [0.15, 0.2) is 22.7 Å². The van der Waals surface area contributed by atoms with Crippen molar-refractivity contribution in [2.45, 2.75) is 18.9 Å². The second-order valence-electron chi connectivity index (χ2n) is 3.35. The minimum absolute atomic E-state index is 0.495. The lowest BCUT2D eigenvalue weighted by Gasteiger charge is -2.11. The molecule has 0 unspecified atom stereocenters. The molecule has 0 radical (unpaired) electrons. The van der Waals surface area contributed by atoms with Gasteiger partial charge in [0.15, 0.2) is 0 Å². The summed E-state index contributed by atoms with van der Waals surface area (Å²) in [7, 11) is 0. The highest BCUT2D eigenvalue weighted by Gasteiger charge is 2.16. The Bertz CT molecular complexity index is 288. The molecule has 2 rings (SSSR count). The fraction of sp³-hybridized carbons (Fsp3) is 0.400. The third-order valence-electron chi connectivity index (χ3n) is 2.35.